The van der Waals surface area contributed by atoms with Crippen molar-refractivity contribution in [3.05, 3.63) is 22.7 Å². The maximum atomic E-state index is 9.79. The van der Waals surface area contributed by atoms with E-state index >= 15 is 0 Å². The van der Waals surface area contributed by atoms with Gasteiger partial charge in [0.25, 0.3) is 0 Å². The van der Waals surface area contributed by atoms with Crippen molar-refractivity contribution < 1.29 is 14.6 Å². The van der Waals surface area contributed by atoms with Crippen LogP contribution in [0.5, 0.6) is 11.5 Å². The number of aliphatic hydroxyl groups excluding tert-OH is 1. The summed E-state index contributed by atoms with van der Waals surface area (Å²) in [4.78, 5) is 0. The van der Waals surface area contributed by atoms with Gasteiger partial charge in [-0.1, -0.05) is 11.6 Å². The molecule has 1 aromatic rings. The molecule has 90 valence electrons. The number of hydrogen-bond acceptors (Lipinski definition) is 4. The summed E-state index contributed by atoms with van der Waals surface area (Å²) in [6.07, 6.45) is -0.857. The number of hydrogen-bond donors (Lipinski definition) is 2. The smallest absolute Gasteiger partial charge is 0.168 e. The first kappa shape index (κ1) is 13.1. The van der Waals surface area contributed by atoms with Gasteiger partial charge in [-0.2, -0.15) is 0 Å². The third kappa shape index (κ3) is 2.58. The van der Waals surface area contributed by atoms with Crippen LogP contribution in [0.4, 0.5) is 0 Å². The fourth-order valence-electron chi connectivity index (χ4n) is 1.44. The quantitative estimate of drug-likeness (QED) is 0.829. The van der Waals surface area contributed by atoms with E-state index in [-0.39, 0.29) is 6.54 Å². The van der Waals surface area contributed by atoms with Crippen molar-refractivity contribution in [1.82, 2.24) is 0 Å². The van der Waals surface area contributed by atoms with Crippen LogP contribution in [0.2, 0.25) is 5.02 Å². The predicted molar refractivity (Wildman–Crippen MR) is 63.2 cm³/mol. The second kappa shape index (κ2) is 5.94. The van der Waals surface area contributed by atoms with E-state index in [0.29, 0.717) is 28.7 Å². The zero-order valence-corrected chi connectivity index (χ0v) is 10.1. The van der Waals surface area contributed by atoms with Gasteiger partial charge in [0, 0.05) is 12.1 Å². The Bertz CT molecular complexity index is 357. The summed E-state index contributed by atoms with van der Waals surface area (Å²) in [5, 5.41) is 10.2. The molecule has 3 N–H and O–H groups in total. The summed E-state index contributed by atoms with van der Waals surface area (Å²) >= 11 is 6.02. The number of ether oxygens (including phenoxy) is 2. The lowest BCUT2D eigenvalue weighted by atomic mass is 10.1. The first-order valence-corrected chi connectivity index (χ1v) is 5.40. The van der Waals surface area contributed by atoms with Crippen molar-refractivity contribution >= 4 is 11.6 Å². The Morgan fingerprint density at radius 1 is 1.50 bits per heavy atom. The van der Waals surface area contributed by atoms with E-state index in [1.165, 1.54) is 7.11 Å². The van der Waals surface area contributed by atoms with E-state index in [1.54, 1.807) is 12.1 Å². The van der Waals surface area contributed by atoms with Crippen molar-refractivity contribution in [1.29, 1.82) is 0 Å². The number of aliphatic hydroxyl groups is 1. The van der Waals surface area contributed by atoms with Crippen LogP contribution >= 0.6 is 11.6 Å². The van der Waals surface area contributed by atoms with E-state index in [1.807, 2.05) is 6.92 Å². The number of nitrogens with two attached hydrogens (primary N) is 1. The molecule has 0 radical (unpaired) electrons. The summed E-state index contributed by atoms with van der Waals surface area (Å²) in [7, 11) is 1.53. The third-order valence-corrected chi connectivity index (χ3v) is 2.50. The molecule has 0 aliphatic carbocycles. The summed E-state index contributed by atoms with van der Waals surface area (Å²) in [6.45, 7) is 2.38. The van der Waals surface area contributed by atoms with Gasteiger partial charge in [0.15, 0.2) is 11.5 Å². The van der Waals surface area contributed by atoms with Crippen LogP contribution in [0.1, 0.15) is 18.6 Å². The average Bonchev–Trinajstić information content (AvgIpc) is 2.29. The summed E-state index contributed by atoms with van der Waals surface area (Å²) in [5.74, 6) is 0.990. The Kier molecular flexibility index (Phi) is 4.86. The topological polar surface area (TPSA) is 64.7 Å². The highest BCUT2D eigenvalue weighted by Gasteiger charge is 2.20. The van der Waals surface area contributed by atoms with Crippen LogP contribution in [-0.4, -0.2) is 25.4 Å². The van der Waals surface area contributed by atoms with E-state index in [4.69, 9.17) is 26.8 Å². The average molecular weight is 246 g/mol. The minimum absolute atomic E-state index is 0.0764. The van der Waals surface area contributed by atoms with E-state index in [9.17, 15) is 5.11 Å². The highest BCUT2D eigenvalue weighted by molar-refractivity contribution is 6.31. The number of halogens is 1. The van der Waals surface area contributed by atoms with Crippen molar-refractivity contribution in [2.24, 2.45) is 5.73 Å². The number of benzene rings is 1. The largest absolute Gasteiger partial charge is 0.493 e. The SMILES string of the molecule is CCOc1c(OC)ccc(Cl)c1C(O)CN. The molecule has 16 heavy (non-hydrogen) atoms. The summed E-state index contributed by atoms with van der Waals surface area (Å²) in [5.41, 5.74) is 5.90. The first-order valence-electron chi connectivity index (χ1n) is 5.03. The van der Waals surface area contributed by atoms with Crippen molar-refractivity contribution in [2.45, 2.75) is 13.0 Å². The van der Waals surface area contributed by atoms with E-state index < -0.39 is 6.10 Å². The van der Waals surface area contributed by atoms with Gasteiger partial charge in [-0.05, 0) is 19.1 Å². The van der Waals surface area contributed by atoms with Crippen molar-refractivity contribution in [3.8, 4) is 11.5 Å². The minimum Gasteiger partial charge on any atom is -0.493 e. The van der Waals surface area contributed by atoms with Crippen molar-refractivity contribution in [3.63, 3.8) is 0 Å². The highest BCUT2D eigenvalue weighted by atomic mass is 35.5. The number of rotatable bonds is 5. The normalized spacial score (nSPS) is 12.3. The van der Waals surface area contributed by atoms with Crippen LogP contribution in [0.3, 0.4) is 0 Å². The van der Waals surface area contributed by atoms with Crippen LogP contribution in [-0.2, 0) is 0 Å². The van der Waals surface area contributed by atoms with Gasteiger partial charge in [0.05, 0.1) is 24.8 Å². The molecular formula is C11H16ClNO3. The molecule has 1 aromatic carbocycles. The maximum absolute atomic E-state index is 9.79. The van der Waals surface area contributed by atoms with Gasteiger partial charge in [-0.15, -0.1) is 0 Å². The molecule has 0 amide bonds. The fourth-order valence-corrected chi connectivity index (χ4v) is 1.71. The van der Waals surface area contributed by atoms with Gasteiger partial charge < -0.3 is 20.3 Å². The maximum Gasteiger partial charge on any atom is 0.168 e. The standard InChI is InChI=1S/C11H16ClNO3/c1-3-16-11-9(15-2)5-4-7(12)10(11)8(14)6-13/h4-5,8,14H,3,6,13H2,1-2H3. The molecule has 0 saturated heterocycles. The molecule has 0 aliphatic rings. The molecule has 0 aliphatic heterocycles. The molecule has 1 unspecified atom stereocenters. The molecule has 1 atom stereocenters. The van der Waals surface area contributed by atoms with Gasteiger partial charge >= 0.3 is 0 Å². The van der Waals surface area contributed by atoms with Crippen LogP contribution in [0.25, 0.3) is 0 Å². The van der Waals surface area contributed by atoms with E-state index in [0.717, 1.165) is 0 Å². The van der Waals surface area contributed by atoms with Gasteiger partial charge in [0.2, 0.25) is 0 Å². The molecule has 0 spiro atoms. The Hall–Kier alpha value is -0.970. The van der Waals surface area contributed by atoms with Crippen LogP contribution < -0.4 is 15.2 Å². The third-order valence-electron chi connectivity index (χ3n) is 2.17. The summed E-state index contributed by atoms with van der Waals surface area (Å²) in [6, 6.07) is 3.34. The lowest BCUT2D eigenvalue weighted by Crippen LogP contribution is -2.14. The lowest BCUT2D eigenvalue weighted by molar-refractivity contribution is 0.179. The second-order valence-corrected chi connectivity index (χ2v) is 3.58. The second-order valence-electron chi connectivity index (χ2n) is 3.18. The molecule has 0 heterocycles. The Morgan fingerprint density at radius 2 is 2.19 bits per heavy atom. The molecule has 0 fully saturated rings. The first-order chi connectivity index (χ1) is 7.65. The van der Waals surface area contributed by atoms with Gasteiger partial charge in [-0.25, -0.2) is 0 Å². The van der Waals surface area contributed by atoms with Gasteiger partial charge in [0.1, 0.15) is 0 Å². The summed E-state index contributed by atoms with van der Waals surface area (Å²) < 4.78 is 10.6. The molecule has 4 nitrogen and oxygen atoms in total. The Balaban J connectivity index is 3.29. The Morgan fingerprint density at radius 3 is 2.69 bits per heavy atom. The molecule has 1 rings (SSSR count). The van der Waals surface area contributed by atoms with E-state index in [2.05, 4.69) is 0 Å². The zero-order chi connectivity index (χ0) is 12.1. The molecule has 0 saturated carbocycles. The molecular weight excluding hydrogens is 230 g/mol. The lowest BCUT2D eigenvalue weighted by Gasteiger charge is -2.18. The van der Waals surface area contributed by atoms with Crippen LogP contribution in [0, 0.1) is 0 Å². The highest BCUT2D eigenvalue weighted by Crippen LogP contribution is 2.39. The Labute approximate surface area is 99.9 Å². The molecule has 0 aromatic heterocycles. The molecule has 0 bridgehead atoms. The fraction of sp³-hybridized carbons (Fsp3) is 0.455. The minimum atomic E-state index is -0.857. The monoisotopic (exact) mass is 245 g/mol. The van der Waals surface area contributed by atoms with Crippen LogP contribution in [0.15, 0.2) is 12.1 Å². The zero-order valence-electron chi connectivity index (χ0n) is 9.37. The van der Waals surface area contributed by atoms with Gasteiger partial charge in [-0.3, -0.25) is 0 Å². The predicted octanol–water partition coefficient (Wildman–Crippen LogP) is 1.74. The number of methoxy groups -OCH3 is 1. The molecule has 5 heteroatoms. The van der Waals surface area contributed by atoms with Crippen molar-refractivity contribution in [2.75, 3.05) is 20.3 Å².